The molecule has 2 aromatic rings. The van der Waals surface area contributed by atoms with Crippen LogP contribution in [0.15, 0.2) is 28.8 Å². The summed E-state index contributed by atoms with van der Waals surface area (Å²) in [7, 11) is 0. The highest BCUT2D eigenvalue weighted by Gasteiger charge is 2.16. The van der Waals surface area contributed by atoms with Crippen molar-refractivity contribution < 1.29 is 9.26 Å². The highest BCUT2D eigenvalue weighted by molar-refractivity contribution is 5.66. The normalized spacial score (nSPS) is 10.9. The molecule has 1 heterocycles. The molecular weight excluding hydrogens is 240 g/mol. The fourth-order valence-electron chi connectivity index (χ4n) is 2.02. The van der Waals surface area contributed by atoms with Gasteiger partial charge in [0.1, 0.15) is 5.75 Å². The van der Waals surface area contributed by atoms with Gasteiger partial charge in [0.15, 0.2) is 11.6 Å². The summed E-state index contributed by atoms with van der Waals surface area (Å²) in [6.45, 7) is 6.92. The summed E-state index contributed by atoms with van der Waals surface area (Å²) in [6, 6.07) is 7.79. The molecule has 0 fully saturated rings. The van der Waals surface area contributed by atoms with E-state index in [1.165, 1.54) is 0 Å². The van der Waals surface area contributed by atoms with Crippen molar-refractivity contribution in [3.63, 3.8) is 0 Å². The molecule has 4 heteroatoms. The monoisotopic (exact) mass is 260 g/mol. The maximum Gasteiger partial charge on any atom is 0.172 e. The number of nitrogen functional groups attached to an aromatic ring is 1. The minimum atomic E-state index is 0.484. The molecule has 19 heavy (non-hydrogen) atoms. The van der Waals surface area contributed by atoms with E-state index in [9.17, 15) is 0 Å². The average molecular weight is 260 g/mol. The molecule has 0 unspecified atom stereocenters. The van der Waals surface area contributed by atoms with E-state index >= 15 is 0 Å². The Hall–Kier alpha value is -1.97. The van der Waals surface area contributed by atoms with Crippen LogP contribution in [0.5, 0.6) is 5.75 Å². The summed E-state index contributed by atoms with van der Waals surface area (Å²) < 4.78 is 10.8. The minimum Gasteiger partial charge on any atom is -0.494 e. The summed E-state index contributed by atoms with van der Waals surface area (Å²) in [5.41, 5.74) is 7.84. The Balaban J connectivity index is 2.30. The predicted molar refractivity (Wildman–Crippen MR) is 76.1 cm³/mol. The van der Waals surface area contributed by atoms with Crippen molar-refractivity contribution in [1.82, 2.24) is 5.16 Å². The quantitative estimate of drug-likeness (QED) is 0.893. The number of hydrogen-bond donors (Lipinski definition) is 1. The third kappa shape index (κ3) is 3.08. The van der Waals surface area contributed by atoms with Gasteiger partial charge in [0, 0.05) is 11.1 Å². The summed E-state index contributed by atoms with van der Waals surface area (Å²) in [6.07, 6.45) is 0.859. The van der Waals surface area contributed by atoms with Crippen LogP contribution in [0.2, 0.25) is 0 Å². The number of nitrogens with two attached hydrogens (primary N) is 1. The summed E-state index contributed by atoms with van der Waals surface area (Å²) in [5, 5.41) is 3.88. The van der Waals surface area contributed by atoms with E-state index in [2.05, 4.69) is 19.0 Å². The summed E-state index contributed by atoms with van der Waals surface area (Å²) >= 11 is 0. The molecule has 0 aliphatic rings. The highest BCUT2D eigenvalue weighted by atomic mass is 16.5. The second kappa shape index (κ2) is 5.78. The van der Waals surface area contributed by atoms with Gasteiger partial charge in [-0.1, -0.05) is 19.0 Å². The maximum atomic E-state index is 5.88. The molecule has 0 bridgehead atoms. The molecule has 0 aliphatic heterocycles. The zero-order chi connectivity index (χ0) is 13.8. The number of benzene rings is 1. The van der Waals surface area contributed by atoms with Crippen molar-refractivity contribution in [1.29, 1.82) is 0 Å². The van der Waals surface area contributed by atoms with Crippen LogP contribution in [0, 0.1) is 5.92 Å². The Morgan fingerprint density at radius 1 is 1.26 bits per heavy atom. The fraction of sp³-hybridized carbons (Fsp3) is 0.400. The van der Waals surface area contributed by atoms with Crippen molar-refractivity contribution in [2.45, 2.75) is 27.2 Å². The highest BCUT2D eigenvalue weighted by Crippen LogP contribution is 2.30. The van der Waals surface area contributed by atoms with Gasteiger partial charge in [0.2, 0.25) is 0 Å². The van der Waals surface area contributed by atoms with Gasteiger partial charge in [-0.05, 0) is 43.5 Å². The smallest absolute Gasteiger partial charge is 0.172 e. The van der Waals surface area contributed by atoms with Gasteiger partial charge in [-0.25, -0.2) is 0 Å². The SMILES string of the molecule is CCOc1ccc(-c2onc(N)c2CC(C)C)cc1. The van der Waals surface area contributed by atoms with Gasteiger partial charge in [0.25, 0.3) is 0 Å². The van der Waals surface area contributed by atoms with E-state index in [1.807, 2.05) is 31.2 Å². The summed E-state index contributed by atoms with van der Waals surface area (Å²) in [4.78, 5) is 0. The Bertz CT molecular complexity index is 530. The molecule has 0 atom stereocenters. The molecule has 2 N–H and O–H groups in total. The zero-order valence-electron chi connectivity index (χ0n) is 11.6. The first kappa shape index (κ1) is 13.5. The van der Waals surface area contributed by atoms with E-state index in [0.29, 0.717) is 18.3 Å². The van der Waals surface area contributed by atoms with Gasteiger partial charge in [-0.3, -0.25) is 0 Å². The standard InChI is InChI=1S/C15H20N2O2/c1-4-18-12-7-5-11(6-8-12)14-13(9-10(2)3)15(16)17-19-14/h5-8,10H,4,9H2,1-3H3,(H2,16,17). The molecule has 102 valence electrons. The topological polar surface area (TPSA) is 61.3 Å². The van der Waals surface area contributed by atoms with Crippen LogP contribution in [0.4, 0.5) is 5.82 Å². The molecule has 0 spiro atoms. The zero-order valence-corrected chi connectivity index (χ0v) is 11.6. The van der Waals surface area contributed by atoms with Crippen LogP contribution in [0.3, 0.4) is 0 Å². The maximum absolute atomic E-state index is 5.88. The number of rotatable bonds is 5. The van der Waals surface area contributed by atoms with E-state index in [1.54, 1.807) is 0 Å². The predicted octanol–water partition coefficient (Wildman–Crippen LogP) is 3.52. The number of aromatic nitrogens is 1. The van der Waals surface area contributed by atoms with Crippen molar-refractivity contribution >= 4 is 5.82 Å². The second-order valence-corrected chi connectivity index (χ2v) is 4.93. The Morgan fingerprint density at radius 2 is 1.95 bits per heavy atom. The molecule has 1 aromatic carbocycles. The molecule has 4 nitrogen and oxygen atoms in total. The van der Waals surface area contributed by atoms with Crippen LogP contribution in [-0.2, 0) is 6.42 Å². The van der Waals surface area contributed by atoms with Gasteiger partial charge in [-0.2, -0.15) is 0 Å². The second-order valence-electron chi connectivity index (χ2n) is 4.93. The number of anilines is 1. The van der Waals surface area contributed by atoms with E-state index in [4.69, 9.17) is 15.0 Å². The first-order valence-corrected chi connectivity index (χ1v) is 6.59. The first-order chi connectivity index (χ1) is 9.11. The van der Waals surface area contributed by atoms with E-state index in [0.717, 1.165) is 29.1 Å². The molecule has 0 saturated carbocycles. The van der Waals surface area contributed by atoms with Gasteiger partial charge in [0.05, 0.1) is 6.61 Å². The molecular formula is C15H20N2O2. The van der Waals surface area contributed by atoms with E-state index < -0.39 is 0 Å². The molecule has 2 rings (SSSR count). The van der Waals surface area contributed by atoms with E-state index in [-0.39, 0.29) is 0 Å². The lowest BCUT2D eigenvalue weighted by Gasteiger charge is -2.06. The molecule has 0 radical (unpaired) electrons. The first-order valence-electron chi connectivity index (χ1n) is 6.59. The molecule has 0 aliphatic carbocycles. The fourth-order valence-corrected chi connectivity index (χ4v) is 2.02. The molecule has 0 amide bonds. The van der Waals surface area contributed by atoms with Crippen molar-refractivity contribution in [2.75, 3.05) is 12.3 Å². The molecule has 0 saturated heterocycles. The lowest BCUT2D eigenvalue weighted by Crippen LogP contribution is -1.99. The third-order valence-corrected chi connectivity index (χ3v) is 2.86. The van der Waals surface area contributed by atoms with Crippen LogP contribution in [-0.4, -0.2) is 11.8 Å². The minimum absolute atomic E-state index is 0.484. The number of hydrogen-bond acceptors (Lipinski definition) is 4. The van der Waals surface area contributed by atoms with Crippen molar-refractivity contribution in [2.24, 2.45) is 5.92 Å². The number of ether oxygens (including phenoxy) is 1. The Morgan fingerprint density at radius 3 is 2.53 bits per heavy atom. The van der Waals surface area contributed by atoms with Gasteiger partial charge in [-0.15, -0.1) is 0 Å². The van der Waals surface area contributed by atoms with Gasteiger partial charge >= 0.3 is 0 Å². The third-order valence-electron chi connectivity index (χ3n) is 2.86. The van der Waals surface area contributed by atoms with Crippen LogP contribution in [0.1, 0.15) is 26.3 Å². The summed E-state index contributed by atoms with van der Waals surface area (Å²) in [5.74, 6) is 2.60. The van der Waals surface area contributed by atoms with Crippen molar-refractivity contribution in [3.8, 4) is 17.1 Å². The lowest BCUT2D eigenvalue weighted by atomic mass is 10.00. The van der Waals surface area contributed by atoms with Crippen LogP contribution in [0.25, 0.3) is 11.3 Å². The largest absolute Gasteiger partial charge is 0.494 e. The number of nitrogens with zero attached hydrogens (tertiary/aromatic N) is 1. The molecule has 1 aromatic heterocycles. The van der Waals surface area contributed by atoms with Crippen LogP contribution < -0.4 is 10.5 Å². The average Bonchev–Trinajstić information content (AvgIpc) is 2.72. The Labute approximate surface area is 113 Å². The van der Waals surface area contributed by atoms with Crippen LogP contribution >= 0.6 is 0 Å². The van der Waals surface area contributed by atoms with Crippen molar-refractivity contribution in [3.05, 3.63) is 29.8 Å². The van der Waals surface area contributed by atoms with Gasteiger partial charge < -0.3 is 15.0 Å². The Kier molecular flexibility index (Phi) is 4.10. The lowest BCUT2D eigenvalue weighted by molar-refractivity contribution is 0.340.